The number of benzene rings is 3. The highest BCUT2D eigenvalue weighted by atomic mass is 79.9. The predicted octanol–water partition coefficient (Wildman–Crippen LogP) is 4.80. The van der Waals surface area contributed by atoms with Gasteiger partial charge in [0, 0.05) is 4.47 Å². The molecule has 3 aromatic carbocycles. The zero-order chi connectivity index (χ0) is 22.1. The molecule has 7 heteroatoms. The molecule has 160 valence electrons. The maximum Gasteiger partial charge on any atom is 0.416 e. The third-order valence-corrected chi connectivity index (χ3v) is 6.22. The van der Waals surface area contributed by atoms with Crippen LogP contribution in [0.1, 0.15) is 17.0 Å². The predicted molar refractivity (Wildman–Crippen MR) is 126 cm³/mol. The molecule has 2 amide bonds. The summed E-state index contributed by atoms with van der Waals surface area (Å²) in [4.78, 5) is 27.2. The van der Waals surface area contributed by atoms with Crippen molar-refractivity contribution in [3.05, 3.63) is 101 Å². The number of cyclic esters (lactones) is 1. The van der Waals surface area contributed by atoms with Crippen LogP contribution in [0.15, 0.2) is 94.5 Å². The molecular formula is C25H20BrN3O3. The fraction of sp³-hybridized carbons (Fsp3) is 0.160. The summed E-state index contributed by atoms with van der Waals surface area (Å²) >= 11 is 3.47. The lowest BCUT2D eigenvalue weighted by Gasteiger charge is -2.29. The van der Waals surface area contributed by atoms with Crippen LogP contribution in [0.3, 0.4) is 0 Å². The second kappa shape index (κ2) is 8.59. The molecule has 0 saturated carbocycles. The van der Waals surface area contributed by atoms with Crippen molar-refractivity contribution >= 4 is 39.3 Å². The molecule has 2 aliphatic heterocycles. The first-order valence-electron chi connectivity index (χ1n) is 10.4. The van der Waals surface area contributed by atoms with Crippen LogP contribution in [0.4, 0.5) is 10.5 Å². The summed E-state index contributed by atoms with van der Waals surface area (Å²) in [5, 5.41) is 6.69. The van der Waals surface area contributed by atoms with Gasteiger partial charge in [0.05, 0.1) is 23.9 Å². The first-order valence-corrected chi connectivity index (χ1v) is 11.1. The minimum Gasteiger partial charge on any atom is -0.447 e. The third kappa shape index (κ3) is 3.69. The summed E-state index contributed by atoms with van der Waals surface area (Å²) < 4.78 is 5.99. The van der Waals surface area contributed by atoms with Gasteiger partial charge < -0.3 is 4.74 Å². The second-order valence-electron chi connectivity index (χ2n) is 7.61. The van der Waals surface area contributed by atoms with E-state index in [2.05, 4.69) is 15.9 Å². The molecule has 1 fully saturated rings. The average Bonchev–Trinajstić information content (AvgIpc) is 3.44. The standard InChI is InChI=1S/C25H20BrN3O3/c26-19-11-13-20(14-12-19)29-23(24(30)28-15-16-32-25(28)31)21(17-7-3-1-4-8-17)22(27-29)18-9-5-2-6-10-18/h1-14,21,23H,15-16H2/t21-,23-/m1/s1. The highest BCUT2D eigenvalue weighted by molar-refractivity contribution is 9.10. The van der Waals surface area contributed by atoms with Crippen LogP contribution >= 0.6 is 15.9 Å². The quantitative estimate of drug-likeness (QED) is 0.527. The van der Waals surface area contributed by atoms with Crippen molar-refractivity contribution in [2.45, 2.75) is 12.0 Å². The first-order chi connectivity index (χ1) is 15.6. The van der Waals surface area contributed by atoms with Crippen molar-refractivity contribution in [1.82, 2.24) is 4.90 Å². The van der Waals surface area contributed by atoms with Gasteiger partial charge >= 0.3 is 6.09 Å². The van der Waals surface area contributed by atoms with Gasteiger partial charge in [-0.2, -0.15) is 5.10 Å². The number of amides is 2. The van der Waals surface area contributed by atoms with E-state index in [-0.39, 0.29) is 25.0 Å². The number of hydrogen-bond donors (Lipinski definition) is 0. The average molecular weight is 490 g/mol. The Morgan fingerprint density at radius 2 is 1.59 bits per heavy atom. The number of carbonyl (C=O) groups excluding carboxylic acids is 2. The molecule has 0 spiro atoms. The number of ether oxygens (including phenoxy) is 1. The Morgan fingerprint density at radius 1 is 0.938 bits per heavy atom. The Bertz CT molecular complexity index is 1170. The number of hydrazone groups is 1. The molecule has 2 heterocycles. The molecule has 3 aromatic rings. The number of rotatable bonds is 4. The highest BCUT2D eigenvalue weighted by Crippen LogP contribution is 2.38. The van der Waals surface area contributed by atoms with Crippen LogP contribution in [0, 0.1) is 0 Å². The minimum atomic E-state index is -0.723. The Balaban J connectivity index is 1.67. The van der Waals surface area contributed by atoms with E-state index in [0.29, 0.717) is 0 Å². The van der Waals surface area contributed by atoms with E-state index in [4.69, 9.17) is 9.84 Å². The van der Waals surface area contributed by atoms with Gasteiger partial charge in [-0.05, 0) is 35.4 Å². The van der Waals surface area contributed by atoms with Crippen LogP contribution in [0.25, 0.3) is 0 Å². The normalized spacial score (nSPS) is 20.3. The molecule has 32 heavy (non-hydrogen) atoms. The topological polar surface area (TPSA) is 62.2 Å². The lowest BCUT2D eigenvalue weighted by molar-refractivity contribution is -0.129. The zero-order valence-electron chi connectivity index (χ0n) is 17.1. The molecule has 0 bridgehead atoms. The van der Waals surface area contributed by atoms with Gasteiger partial charge in [0.2, 0.25) is 0 Å². The van der Waals surface area contributed by atoms with Gasteiger partial charge in [-0.1, -0.05) is 76.6 Å². The van der Waals surface area contributed by atoms with Crippen LogP contribution in [-0.2, 0) is 9.53 Å². The Kier molecular flexibility index (Phi) is 5.49. The lowest BCUT2D eigenvalue weighted by atomic mass is 9.84. The van der Waals surface area contributed by atoms with E-state index < -0.39 is 12.1 Å². The Labute approximate surface area is 194 Å². The largest absolute Gasteiger partial charge is 0.447 e. The summed E-state index contributed by atoms with van der Waals surface area (Å²) in [6, 6.07) is 26.6. The molecule has 0 aliphatic carbocycles. The van der Waals surface area contributed by atoms with Crippen molar-refractivity contribution in [3.8, 4) is 0 Å². The maximum atomic E-state index is 13.8. The van der Waals surface area contributed by atoms with E-state index >= 15 is 0 Å². The van der Waals surface area contributed by atoms with Gasteiger partial charge in [0.1, 0.15) is 12.6 Å². The van der Waals surface area contributed by atoms with E-state index in [9.17, 15) is 9.59 Å². The van der Waals surface area contributed by atoms with Crippen LogP contribution < -0.4 is 5.01 Å². The molecule has 0 N–H and O–H groups in total. The van der Waals surface area contributed by atoms with Crippen LogP contribution in [0.2, 0.25) is 0 Å². The minimum absolute atomic E-state index is 0.206. The molecule has 2 aliphatic rings. The number of anilines is 1. The first kappa shape index (κ1) is 20.5. The second-order valence-corrected chi connectivity index (χ2v) is 8.53. The molecule has 0 aromatic heterocycles. The van der Waals surface area contributed by atoms with Gasteiger partial charge in [-0.25, -0.2) is 9.69 Å². The van der Waals surface area contributed by atoms with Gasteiger partial charge in [0.15, 0.2) is 0 Å². The Morgan fingerprint density at radius 3 is 2.22 bits per heavy atom. The summed E-state index contributed by atoms with van der Waals surface area (Å²) in [5.41, 5.74) is 3.44. The van der Waals surface area contributed by atoms with Crippen molar-refractivity contribution in [3.63, 3.8) is 0 Å². The molecular weight excluding hydrogens is 470 g/mol. The number of imide groups is 1. The number of halogens is 1. The summed E-state index contributed by atoms with van der Waals surface area (Å²) in [5.74, 6) is -0.679. The van der Waals surface area contributed by atoms with Gasteiger partial charge in [-0.15, -0.1) is 0 Å². The van der Waals surface area contributed by atoms with E-state index in [1.54, 1.807) is 5.01 Å². The molecule has 1 saturated heterocycles. The maximum absolute atomic E-state index is 13.8. The van der Waals surface area contributed by atoms with Crippen molar-refractivity contribution in [2.24, 2.45) is 5.10 Å². The van der Waals surface area contributed by atoms with Crippen molar-refractivity contribution in [1.29, 1.82) is 0 Å². The molecule has 2 atom stereocenters. The monoisotopic (exact) mass is 489 g/mol. The fourth-order valence-corrected chi connectivity index (χ4v) is 4.45. The van der Waals surface area contributed by atoms with Crippen molar-refractivity contribution in [2.75, 3.05) is 18.2 Å². The van der Waals surface area contributed by atoms with Crippen molar-refractivity contribution < 1.29 is 14.3 Å². The third-order valence-electron chi connectivity index (χ3n) is 5.69. The summed E-state index contributed by atoms with van der Waals surface area (Å²) in [6.45, 7) is 0.447. The van der Waals surface area contributed by atoms with E-state index in [1.165, 1.54) is 4.90 Å². The molecule has 0 radical (unpaired) electrons. The summed E-state index contributed by atoms with van der Waals surface area (Å²) in [7, 11) is 0. The lowest BCUT2D eigenvalue weighted by Crippen LogP contribution is -2.48. The van der Waals surface area contributed by atoms with Gasteiger partial charge in [-0.3, -0.25) is 9.80 Å². The molecule has 5 rings (SSSR count). The zero-order valence-corrected chi connectivity index (χ0v) is 18.7. The molecule has 0 unspecified atom stereocenters. The molecule has 6 nitrogen and oxygen atoms in total. The van der Waals surface area contributed by atoms with Crippen LogP contribution in [0.5, 0.6) is 0 Å². The van der Waals surface area contributed by atoms with E-state index in [0.717, 1.165) is 27.0 Å². The highest BCUT2D eigenvalue weighted by Gasteiger charge is 2.48. The number of carbonyl (C=O) groups is 2. The SMILES string of the molecule is O=C1OCCN1C(=O)[C@H]1[C@H](c2ccccc2)C(c2ccccc2)=NN1c1ccc(Br)cc1. The fourth-order valence-electron chi connectivity index (χ4n) is 4.19. The number of nitrogens with zero attached hydrogens (tertiary/aromatic N) is 3. The number of hydrogen-bond acceptors (Lipinski definition) is 5. The van der Waals surface area contributed by atoms with Gasteiger partial charge in [0.25, 0.3) is 5.91 Å². The van der Waals surface area contributed by atoms with E-state index in [1.807, 2.05) is 84.9 Å². The Hall–Kier alpha value is -3.45. The summed E-state index contributed by atoms with van der Waals surface area (Å²) in [6.07, 6.45) is -0.606. The smallest absolute Gasteiger partial charge is 0.416 e. The van der Waals surface area contributed by atoms with Crippen LogP contribution in [-0.4, -0.2) is 41.8 Å².